The molecule has 1 fully saturated rings. The summed E-state index contributed by atoms with van der Waals surface area (Å²) in [5.74, 6) is -0.749. The molecule has 28 heavy (non-hydrogen) atoms. The van der Waals surface area contributed by atoms with E-state index in [1.807, 2.05) is 60.8 Å². The van der Waals surface area contributed by atoms with Crippen LogP contribution in [0.25, 0.3) is 11.1 Å². The Labute approximate surface area is 168 Å². The van der Waals surface area contributed by atoms with Crippen LogP contribution in [0.15, 0.2) is 66.0 Å². The second-order valence-corrected chi connectivity index (χ2v) is 7.92. The Morgan fingerprint density at radius 2 is 1.75 bits per heavy atom. The van der Waals surface area contributed by atoms with Crippen LogP contribution in [0.5, 0.6) is 0 Å². The standard InChI is InChI=1S/C23H21NO3S/c1-15-7-9-16(10-8-15)19-13-14-28-21(19)23(26)27-20(17-5-3-2-4-6-17)22(25)24-18-11-12-18/h2-10,13-14,18,20H,11-12H2,1H3,(H,24,25)/t20-/m0/s1. The molecule has 0 spiro atoms. The first-order chi connectivity index (χ1) is 13.6. The molecule has 1 saturated carbocycles. The van der Waals surface area contributed by atoms with Gasteiger partial charge in [-0.2, -0.15) is 0 Å². The summed E-state index contributed by atoms with van der Waals surface area (Å²) in [6.07, 6.45) is 0.996. The number of nitrogens with one attached hydrogen (secondary N) is 1. The molecule has 4 rings (SSSR count). The molecule has 1 heterocycles. The third kappa shape index (κ3) is 4.15. The number of carbonyl (C=O) groups is 2. The van der Waals surface area contributed by atoms with Crippen molar-refractivity contribution < 1.29 is 14.3 Å². The molecule has 1 aliphatic rings. The minimum atomic E-state index is -0.956. The molecule has 0 saturated heterocycles. The Hall–Kier alpha value is -2.92. The first-order valence-electron chi connectivity index (χ1n) is 9.32. The number of thiophene rings is 1. The minimum Gasteiger partial charge on any atom is -0.443 e. The number of hydrogen-bond donors (Lipinski definition) is 1. The van der Waals surface area contributed by atoms with E-state index in [0.717, 1.165) is 29.5 Å². The van der Waals surface area contributed by atoms with Crippen LogP contribution in [0.3, 0.4) is 0 Å². The number of amides is 1. The number of carbonyl (C=O) groups excluding carboxylic acids is 2. The maximum Gasteiger partial charge on any atom is 0.350 e. The summed E-state index contributed by atoms with van der Waals surface area (Å²) in [6, 6.07) is 19.3. The van der Waals surface area contributed by atoms with Crippen LogP contribution in [-0.2, 0) is 9.53 Å². The maximum atomic E-state index is 13.0. The van der Waals surface area contributed by atoms with Crippen LogP contribution in [0, 0.1) is 6.92 Å². The van der Waals surface area contributed by atoms with Crippen LogP contribution in [-0.4, -0.2) is 17.9 Å². The zero-order valence-corrected chi connectivity index (χ0v) is 16.4. The van der Waals surface area contributed by atoms with E-state index in [0.29, 0.717) is 10.4 Å². The third-order valence-electron chi connectivity index (χ3n) is 4.70. The first-order valence-corrected chi connectivity index (χ1v) is 10.2. The molecule has 0 unspecified atom stereocenters. The van der Waals surface area contributed by atoms with Gasteiger partial charge in [0.05, 0.1) is 0 Å². The van der Waals surface area contributed by atoms with Crippen molar-refractivity contribution in [1.29, 1.82) is 0 Å². The largest absolute Gasteiger partial charge is 0.443 e. The summed E-state index contributed by atoms with van der Waals surface area (Å²) in [6.45, 7) is 2.02. The number of ether oxygens (including phenoxy) is 1. The summed E-state index contributed by atoms with van der Waals surface area (Å²) in [5, 5.41) is 4.81. The van der Waals surface area contributed by atoms with Gasteiger partial charge in [-0.1, -0.05) is 60.2 Å². The Balaban J connectivity index is 1.59. The number of rotatable bonds is 6. The van der Waals surface area contributed by atoms with Crippen LogP contribution < -0.4 is 5.32 Å². The summed E-state index contributed by atoms with van der Waals surface area (Å²) >= 11 is 1.33. The lowest BCUT2D eigenvalue weighted by atomic mass is 10.0. The highest BCUT2D eigenvalue weighted by Crippen LogP contribution is 2.31. The number of aryl methyl sites for hydroxylation is 1. The van der Waals surface area contributed by atoms with Crippen molar-refractivity contribution in [1.82, 2.24) is 5.32 Å². The van der Waals surface area contributed by atoms with E-state index in [1.165, 1.54) is 11.3 Å². The van der Waals surface area contributed by atoms with Crippen molar-refractivity contribution in [2.45, 2.75) is 31.9 Å². The zero-order chi connectivity index (χ0) is 19.5. The van der Waals surface area contributed by atoms with Gasteiger partial charge in [-0.15, -0.1) is 11.3 Å². The van der Waals surface area contributed by atoms with Gasteiger partial charge in [0, 0.05) is 17.2 Å². The number of hydrogen-bond acceptors (Lipinski definition) is 4. The van der Waals surface area contributed by atoms with Crippen molar-refractivity contribution in [3.8, 4) is 11.1 Å². The molecule has 0 radical (unpaired) electrons. The van der Waals surface area contributed by atoms with E-state index in [2.05, 4.69) is 5.32 Å². The molecule has 1 aliphatic carbocycles. The van der Waals surface area contributed by atoms with Gasteiger partial charge in [0.15, 0.2) is 0 Å². The summed E-state index contributed by atoms with van der Waals surface area (Å²) in [7, 11) is 0. The van der Waals surface area contributed by atoms with Gasteiger partial charge >= 0.3 is 5.97 Å². The van der Waals surface area contributed by atoms with Crippen LogP contribution in [0.1, 0.15) is 39.7 Å². The van der Waals surface area contributed by atoms with E-state index in [-0.39, 0.29) is 11.9 Å². The molecule has 1 amide bonds. The van der Waals surface area contributed by atoms with Gasteiger partial charge < -0.3 is 10.1 Å². The fraction of sp³-hybridized carbons (Fsp3) is 0.217. The smallest absolute Gasteiger partial charge is 0.350 e. The topological polar surface area (TPSA) is 55.4 Å². The Morgan fingerprint density at radius 1 is 1.04 bits per heavy atom. The van der Waals surface area contributed by atoms with Crippen LogP contribution in [0.2, 0.25) is 0 Å². The molecular weight excluding hydrogens is 370 g/mol. The fourth-order valence-electron chi connectivity index (χ4n) is 2.99. The fourth-order valence-corrected chi connectivity index (χ4v) is 3.79. The highest BCUT2D eigenvalue weighted by atomic mass is 32.1. The van der Waals surface area contributed by atoms with Crippen molar-refractivity contribution in [2.24, 2.45) is 0 Å². The molecule has 4 nitrogen and oxygen atoms in total. The van der Waals surface area contributed by atoms with E-state index in [1.54, 1.807) is 12.1 Å². The van der Waals surface area contributed by atoms with E-state index >= 15 is 0 Å². The van der Waals surface area contributed by atoms with Gasteiger partial charge in [-0.3, -0.25) is 4.79 Å². The second kappa shape index (κ2) is 7.98. The Bertz CT molecular complexity index is 975. The predicted octanol–water partition coefficient (Wildman–Crippen LogP) is 4.90. The Kier molecular flexibility index (Phi) is 5.26. The van der Waals surface area contributed by atoms with Gasteiger partial charge in [0.2, 0.25) is 6.10 Å². The Morgan fingerprint density at radius 3 is 2.43 bits per heavy atom. The lowest BCUT2D eigenvalue weighted by Gasteiger charge is -2.18. The molecule has 1 aromatic heterocycles. The summed E-state index contributed by atoms with van der Waals surface area (Å²) in [4.78, 5) is 26.2. The van der Waals surface area contributed by atoms with Crippen LogP contribution in [0.4, 0.5) is 0 Å². The molecule has 1 atom stereocenters. The van der Waals surface area contributed by atoms with E-state index < -0.39 is 12.1 Å². The lowest BCUT2D eigenvalue weighted by molar-refractivity contribution is -0.130. The molecule has 5 heteroatoms. The van der Waals surface area contributed by atoms with Gasteiger partial charge in [0.1, 0.15) is 4.88 Å². The maximum absolute atomic E-state index is 13.0. The second-order valence-electron chi connectivity index (χ2n) is 7.01. The van der Waals surface area contributed by atoms with Crippen molar-refractivity contribution in [2.75, 3.05) is 0 Å². The van der Waals surface area contributed by atoms with Crippen molar-refractivity contribution in [3.63, 3.8) is 0 Å². The van der Waals surface area contributed by atoms with Crippen molar-refractivity contribution >= 4 is 23.2 Å². The SMILES string of the molecule is Cc1ccc(-c2ccsc2C(=O)O[C@H](C(=O)NC2CC2)c2ccccc2)cc1. The summed E-state index contributed by atoms with van der Waals surface area (Å²) < 4.78 is 5.72. The monoisotopic (exact) mass is 391 g/mol. The molecule has 0 aliphatic heterocycles. The number of esters is 1. The number of benzene rings is 2. The average Bonchev–Trinajstić information content (AvgIpc) is 3.38. The highest BCUT2D eigenvalue weighted by Gasteiger charge is 2.31. The highest BCUT2D eigenvalue weighted by molar-refractivity contribution is 7.12. The van der Waals surface area contributed by atoms with E-state index in [4.69, 9.17) is 4.74 Å². The molecule has 3 aromatic rings. The molecular formula is C23H21NO3S. The molecule has 142 valence electrons. The first kappa shape index (κ1) is 18.4. The minimum absolute atomic E-state index is 0.197. The lowest BCUT2D eigenvalue weighted by Crippen LogP contribution is -2.33. The molecule has 2 aromatic carbocycles. The van der Waals surface area contributed by atoms with E-state index in [9.17, 15) is 9.59 Å². The predicted molar refractivity (Wildman–Crippen MR) is 110 cm³/mol. The summed E-state index contributed by atoms with van der Waals surface area (Å²) in [5.41, 5.74) is 3.60. The molecule has 0 bridgehead atoms. The van der Waals surface area contributed by atoms with Gasteiger partial charge in [0.25, 0.3) is 5.91 Å². The van der Waals surface area contributed by atoms with Crippen LogP contribution >= 0.6 is 11.3 Å². The quantitative estimate of drug-likeness (QED) is 0.608. The molecule has 1 N–H and O–H groups in total. The van der Waals surface area contributed by atoms with Gasteiger partial charge in [-0.05, 0) is 36.8 Å². The third-order valence-corrected chi connectivity index (χ3v) is 5.60. The van der Waals surface area contributed by atoms with Crippen molar-refractivity contribution in [3.05, 3.63) is 82.0 Å². The average molecular weight is 391 g/mol. The normalized spacial score (nSPS) is 14.3. The zero-order valence-electron chi connectivity index (χ0n) is 15.6. The van der Waals surface area contributed by atoms with Gasteiger partial charge in [-0.25, -0.2) is 4.79 Å².